The number of carbonyl (C=O) groups is 2. The van der Waals surface area contributed by atoms with Crippen molar-refractivity contribution >= 4 is 12.0 Å². The number of aryl methyl sites for hydroxylation is 1. The van der Waals surface area contributed by atoms with Crippen LogP contribution in [-0.2, 0) is 11.3 Å². The van der Waals surface area contributed by atoms with Gasteiger partial charge in [0, 0.05) is 19.6 Å². The Kier molecular flexibility index (Phi) is 4.44. The molecule has 2 N–H and O–H groups in total. The molecule has 2 amide bonds. The van der Waals surface area contributed by atoms with Gasteiger partial charge in [-0.25, -0.2) is 9.78 Å². The minimum Gasteiger partial charge on any atom is -0.481 e. The second-order valence-corrected chi connectivity index (χ2v) is 5.58. The molecule has 0 saturated carbocycles. The molecule has 2 atom stereocenters. The fourth-order valence-corrected chi connectivity index (χ4v) is 2.64. The van der Waals surface area contributed by atoms with Gasteiger partial charge in [-0.3, -0.25) is 9.89 Å². The fourth-order valence-electron chi connectivity index (χ4n) is 2.64. The van der Waals surface area contributed by atoms with Crippen LogP contribution in [0.15, 0.2) is 0 Å². The fraction of sp³-hybridized carbons (Fsp3) is 0.692. The summed E-state index contributed by atoms with van der Waals surface area (Å²) in [6.07, 6.45) is 0.994. The van der Waals surface area contributed by atoms with E-state index in [2.05, 4.69) is 15.2 Å². The molecular weight excluding hydrogens is 274 g/mol. The van der Waals surface area contributed by atoms with Crippen LogP contribution >= 0.6 is 0 Å². The molecule has 0 bridgehead atoms. The van der Waals surface area contributed by atoms with Crippen molar-refractivity contribution in [2.75, 3.05) is 13.6 Å². The third kappa shape index (κ3) is 3.50. The van der Waals surface area contributed by atoms with Crippen molar-refractivity contribution in [2.24, 2.45) is 5.92 Å². The van der Waals surface area contributed by atoms with Crippen molar-refractivity contribution in [3.8, 4) is 0 Å². The van der Waals surface area contributed by atoms with Gasteiger partial charge in [-0.15, -0.1) is 0 Å². The molecule has 1 aromatic rings. The number of nitrogens with zero attached hydrogens (tertiary/aromatic N) is 4. The Morgan fingerprint density at radius 3 is 2.76 bits per heavy atom. The average Bonchev–Trinajstić information content (AvgIpc) is 2.83. The van der Waals surface area contributed by atoms with E-state index in [1.807, 2.05) is 6.92 Å². The van der Waals surface area contributed by atoms with Crippen LogP contribution in [0.2, 0.25) is 0 Å². The first-order chi connectivity index (χ1) is 9.88. The number of carboxylic acid groups (broad SMARTS) is 1. The quantitative estimate of drug-likeness (QED) is 0.860. The Bertz CT molecular complexity index is 530. The maximum atomic E-state index is 12.4. The smallest absolute Gasteiger partial charge is 0.320 e. The number of likely N-dealkylation sites (tertiary alicyclic amines) is 1. The second kappa shape index (κ2) is 6.11. The zero-order valence-corrected chi connectivity index (χ0v) is 12.5. The van der Waals surface area contributed by atoms with Gasteiger partial charge in [0.2, 0.25) is 0 Å². The Hall–Kier alpha value is -2.12. The summed E-state index contributed by atoms with van der Waals surface area (Å²) in [5.41, 5.74) is 0. The molecule has 1 fully saturated rings. The van der Waals surface area contributed by atoms with Gasteiger partial charge in [0.15, 0.2) is 5.82 Å². The number of rotatable bonds is 3. The lowest BCUT2D eigenvalue weighted by Gasteiger charge is -2.38. The van der Waals surface area contributed by atoms with Crippen LogP contribution < -0.4 is 0 Å². The molecule has 2 heterocycles. The first-order valence-electron chi connectivity index (χ1n) is 7.01. The standard InChI is InChI=1S/C13H21N5O3/c1-8-6-10(12(19)20)4-5-18(8)13(21)17(3)7-11-14-9(2)15-16-11/h8,10H,4-7H2,1-3H3,(H,19,20)(H,14,15,16). The minimum absolute atomic E-state index is 0.0799. The number of nitrogens with one attached hydrogen (secondary N) is 1. The number of hydrogen-bond acceptors (Lipinski definition) is 4. The number of aliphatic carboxylic acids is 1. The van der Waals surface area contributed by atoms with E-state index in [1.54, 1.807) is 23.8 Å². The molecule has 0 aliphatic carbocycles. The monoisotopic (exact) mass is 295 g/mol. The van der Waals surface area contributed by atoms with Crippen LogP contribution in [0.4, 0.5) is 4.79 Å². The molecule has 116 valence electrons. The van der Waals surface area contributed by atoms with Crippen LogP contribution in [0.3, 0.4) is 0 Å². The molecule has 0 radical (unpaired) electrons. The lowest BCUT2D eigenvalue weighted by Crippen LogP contribution is -2.50. The van der Waals surface area contributed by atoms with Gasteiger partial charge < -0.3 is 14.9 Å². The highest BCUT2D eigenvalue weighted by atomic mass is 16.4. The highest BCUT2D eigenvalue weighted by Gasteiger charge is 2.33. The summed E-state index contributed by atoms with van der Waals surface area (Å²) < 4.78 is 0. The lowest BCUT2D eigenvalue weighted by molar-refractivity contribution is -0.143. The minimum atomic E-state index is -0.779. The summed E-state index contributed by atoms with van der Waals surface area (Å²) in [5, 5.41) is 15.8. The summed E-state index contributed by atoms with van der Waals surface area (Å²) >= 11 is 0. The van der Waals surface area contributed by atoms with Gasteiger partial charge in [0.05, 0.1) is 12.5 Å². The van der Waals surface area contributed by atoms with Crippen LogP contribution in [0.1, 0.15) is 31.4 Å². The van der Waals surface area contributed by atoms with E-state index in [4.69, 9.17) is 5.11 Å². The summed E-state index contributed by atoms with van der Waals surface area (Å²) in [7, 11) is 1.70. The number of hydrogen-bond donors (Lipinski definition) is 2. The molecule has 0 aromatic carbocycles. The van der Waals surface area contributed by atoms with E-state index >= 15 is 0 Å². The zero-order valence-electron chi connectivity index (χ0n) is 12.5. The van der Waals surface area contributed by atoms with Crippen molar-refractivity contribution in [2.45, 2.75) is 39.3 Å². The van der Waals surface area contributed by atoms with Gasteiger partial charge in [-0.2, -0.15) is 5.10 Å². The van der Waals surface area contributed by atoms with E-state index in [0.29, 0.717) is 37.6 Å². The molecule has 2 unspecified atom stereocenters. The van der Waals surface area contributed by atoms with Crippen LogP contribution in [0.25, 0.3) is 0 Å². The van der Waals surface area contributed by atoms with E-state index in [9.17, 15) is 9.59 Å². The largest absolute Gasteiger partial charge is 0.481 e. The normalized spacial score (nSPS) is 22.1. The second-order valence-electron chi connectivity index (χ2n) is 5.58. The summed E-state index contributed by atoms with van der Waals surface area (Å²) in [5.74, 6) is 0.140. The first kappa shape index (κ1) is 15.3. The maximum absolute atomic E-state index is 12.4. The molecule has 1 saturated heterocycles. The van der Waals surface area contributed by atoms with E-state index in [1.165, 1.54) is 0 Å². The number of urea groups is 1. The maximum Gasteiger partial charge on any atom is 0.320 e. The Balaban J connectivity index is 1.95. The summed E-state index contributed by atoms with van der Waals surface area (Å²) in [4.78, 5) is 30.9. The molecule has 21 heavy (non-hydrogen) atoms. The van der Waals surface area contributed by atoms with Crippen LogP contribution in [0.5, 0.6) is 0 Å². The topological polar surface area (TPSA) is 102 Å². The van der Waals surface area contributed by atoms with Crippen molar-refractivity contribution in [3.63, 3.8) is 0 Å². The number of H-pyrrole nitrogens is 1. The molecule has 1 aliphatic heterocycles. The van der Waals surface area contributed by atoms with Gasteiger partial charge in [-0.1, -0.05) is 0 Å². The SMILES string of the molecule is Cc1nc(CN(C)C(=O)N2CCC(C(=O)O)CC2C)n[nH]1. The Labute approximate surface area is 123 Å². The van der Waals surface area contributed by atoms with Crippen molar-refractivity contribution in [3.05, 3.63) is 11.6 Å². The average molecular weight is 295 g/mol. The number of aromatic amines is 1. The van der Waals surface area contributed by atoms with Gasteiger partial charge in [-0.05, 0) is 26.7 Å². The number of carbonyl (C=O) groups excluding carboxylic acids is 1. The number of aromatic nitrogens is 3. The summed E-state index contributed by atoms with van der Waals surface area (Å²) in [6.45, 7) is 4.48. The van der Waals surface area contributed by atoms with E-state index in [-0.39, 0.29) is 18.0 Å². The van der Waals surface area contributed by atoms with Crippen molar-refractivity contribution in [1.29, 1.82) is 0 Å². The summed E-state index contributed by atoms with van der Waals surface area (Å²) in [6, 6.07) is -0.197. The molecule has 8 nitrogen and oxygen atoms in total. The third-order valence-electron chi connectivity index (χ3n) is 3.82. The Morgan fingerprint density at radius 1 is 1.52 bits per heavy atom. The van der Waals surface area contributed by atoms with Crippen LogP contribution in [-0.4, -0.2) is 61.7 Å². The highest BCUT2D eigenvalue weighted by Crippen LogP contribution is 2.24. The molecule has 2 rings (SSSR count). The highest BCUT2D eigenvalue weighted by molar-refractivity contribution is 5.75. The first-order valence-corrected chi connectivity index (χ1v) is 7.01. The molecule has 0 spiro atoms. The van der Waals surface area contributed by atoms with Gasteiger partial charge in [0.25, 0.3) is 0 Å². The predicted octanol–water partition coefficient (Wildman–Crippen LogP) is 0.850. The van der Waals surface area contributed by atoms with Gasteiger partial charge in [0.1, 0.15) is 5.82 Å². The number of amides is 2. The Morgan fingerprint density at radius 2 is 2.24 bits per heavy atom. The molecule has 1 aromatic heterocycles. The zero-order chi connectivity index (χ0) is 15.6. The molecule has 1 aliphatic rings. The predicted molar refractivity (Wildman–Crippen MR) is 74.5 cm³/mol. The van der Waals surface area contributed by atoms with Gasteiger partial charge >= 0.3 is 12.0 Å². The molecular formula is C13H21N5O3. The van der Waals surface area contributed by atoms with Crippen molar-refractivity contribution < 1.29 is 14.7 Å². The third-order valence-corrected chi connectivity index (χ3v) is 3.82. The number of piperidine rings is 1. The van der Waals surface area contributed by atoms with Crippen molar-refractivity contribution in [1.82, 2.24) is 25.0 Å². The van der Waals surface area contributed by atoms with E-state index in [0.717, 1.165) is 0 Å². The number of carboxylic acids is 1. The molecule has 8 heteroatoms. The van der Waals surface area contributed by atoms with E-state index < -0.39 is 5.97 Å². The lowest BCUT2D eigenvalue weighted by atomic mass is 9.92. The van der Waals surface area contributed by atoms with Crippen LogP contribution in [0, 0.1) is 12.8 Å².